The molecule has 0 aromatic carbocycles. The van der Waals surface area contributed by atoms with Crippen LogP contribution in [0, 0.1) is 23.7 Å². The molecule has 21 heavy (non-hydrogen) atoms. The van der Waals surface area contributed by atoms with Gasteiger partial charge in [-0.1, -0.05) is 26.0 Å². The molecule has 1 amide bonds. The van der Waals surface area contributed by atoms with E-state index in [0.717, 1.165) is 19.3 Å². The number of carboxylic acid groups (broad SMARTS) is 1. The molecule has 4 heteroatoms. The van der Waals surface area contributed by atoms with Crippen molar-refractivity contribution < 1.29 is 14.7 Å². The Balaban J connectivity index is 2.27. The highest BCUT2D eigenvalue weighted by molar-refractivity contribution is 5.87. The van der Waals surface area contributed by atoms with Crippen LogP contribution < -0.4 is 0 Å². The van der Waals surface area contributed by atoms with E-state index in [4.69, 9.17) is 0 Å². The van der Waals surface area contributed by atoms with Crippen molar-refractivity contribution in [1.29, 1.82) is 0 Å². The van der Waals surface area contributed by atoms with Gasteiger partial charge in [-0.2, -0.15) is 0 Å². The van der Waals surface area contributed by atoms with Gasteiger partial charge in [-0.15, -0.1) is 0 Å². The summed E-state index contributed by atoms with van der Waals surface area (Å²) in [5, 5.41) is 9.52. The minimum atomic E-state index is -0.821. The maximum absolute atomic E-state index is 13.1. The van der Waals surface area contributed by atoms with Gasteiger partial charge in [-0.3, -0.25) is 9.59 Å². The van der Waals surface area contributed by atoms with Crippen LogP contribution in [0.3, 0.4) is 0 Å². The minimum absolute atomic E-state index is 0.0390. The molecular formula is C17H27NO3. The van der Waals surface area contributed by atoms with Crippen molar-refractivity contribution in [3.63, 3.8) is 0 Å². The summed E-state index contributed by atoms with van der Waals surface area (Å²) in [4.78, 5) is 26.6. The maximum Gasteiger partial charge on any atom is 0.307 e. The van der Waals surface area contributed by atoms with Gasteiger partial charge in [-0.05, 0) is 44.9 Å². The van der Waals surface area contributed by atoms with E-state index in [1.807, 2.05) is 11.0 Å². The first-order valence-corrected chi connectivity index (χ1v) is 8.15. The fourth-order valence-electron chi connectivity index (χ4n) is 3.93. The highest BCUT2D eigenvalue weighted by Gasteiger charge is 2.53. The summed E-state index contributed by atoms with van der Waals surface area (Å²) >= 11 is 0. The number of rotatable bonds is 6. The Kier molecular flexibility index (Phi) is 4.74. The number of carbonyl (C=O) groups is 2. The SMILES string of the molecule is CC[C@H](C)N(C(=O)[C@H]1[C@@H](C(=O)O)[C@H]2C=C[C@H]1C2)[C@@H](C)CC. The highest BCUT2D eigenvalue weighted by Crippen LogP contribution is 2.49. The van der Waals surface area contributed by atoms with E-state index < -0.39 is 11.9 Å². The molecule has 0 heterocycles. The van der Waals surface area contributed by atoms with Gasteiger partial charge < -0.3 is 10.0 Å². The number of fused-ring (bicyclic) bond motifs is 2. The molecule has 2 bridgehead atoms. The number of allylic oxidation sites excluding steroid dienone is 2. The van der Waals surface area contributed by atoms with E-state index in [0.29, 0.717) is 0 Å². The Bertz CT molecular complexity index is 435. The summed E-state index contributed by atoms with van der Waals surface area (Å²) in [5.41, 5.74) is 0. The zero-order valence-corrected chi connectivity index (χ0v) is 13.5. The number of hydrogen-bond acceptors (Lipinski definition) is 2. The highest BCUT2D eigenvalue weighted by atomic mass is 16.4. The van der Waals surface area contributed by atoms with E-state index in [-0.39, 0.29) is 35.7 Å². The average Bonchev–Trinajstić information content (AvgIpc) is 3.07. The zero-order valence-electron chi connectivity index (χ0n) is 13.5. The number of aliphatic carboxylic acids is 1. The lowest BCUT2D eigenvalue weighted by atomic mass is 9.81. The monoisotopic (exact) mass is 293 g/mol. The van der Waals surface area contributed by atoms with Crippen molar-refractivity contribution >= 4 is 11.9 Å². The van der Waals surface area contributed by atoms with Crippen LogP contribution in [0.5, 0.6) is 0 Å². The maximum atomic E-state index is 13.1. The standard InChI is InChI=1S/C17H27NO3/c1-5-10(3)18(11(4)6-2)16(19)14-12-7-8-13(9-12)15(14)17(20)21/h7-8,10-15H,5-6,9H2,1-4H3,(H,20,21)/t10-,11-,12-,13-,14+,15-/m0/s1. The molecule has 0 saturated heterocycles. The third-order valence-electron chi connectivity index (χ3n) is 5.42. The molecule has 4 nitrogen and oxygen atoms in total. The van der Waals surface area contributed by atoms with E-state index >= 15 is 0 Å². The van der Waals surface area contributed by atoms with E-state index in [1.54, 1.807) is 0 Å². The van der Waals surface area contributed by atoms with Gasteiger partial charge in [0.15, 0.2) is 0 Å². The lowest BCUT2D eigenvalue weighted by Crippen LogP contribution is -2.50. The lowest BCUT2D eigenvalue weighted by Gasteiger charge is -2.38. The normalized spacial score (nSPS) is 33.0. The predicted octanol–water partition coefficient (Wildman–Crippen LogP) is 2.93. The van der Waals surface area contributed by atoms with Crippen LogP contribution in [0.4, 0.5) is 0 Å². The first-order valence-electron chi connectivity index (χ1n) is 8.15. The zero-order chi connectivity index (χ0) is 15.7. The average molecular weight is 293 g/mol. The first-order chi connectivity index (χ1) is 9.92. The van der Waals surface area contributed by atoms with Crippen molar-refractivity contribution in [2.75, 3.05) is 0 Å². The predicted molar refractivity (Wildman–Crippen MR) is 81.7 cm³/mol. The van der Waals surface area contributed by atoms with Crippen LogP contribution in [0.25, 0.3) is 0 Å². The molecule has 2 rings (SSSR count). The Morgan fingerprint density at radius 1 is 1.10 bits per heavy atom. The summed E-state index contributed by atoms with van der Waals surface area (Å²) < 4.78 is 0. The molecule has 0 radical (unpaired) electrons. The Morgan fingerprint density at radius 3 is 2.00 bits per heavy atom. The Hall–Kier alpha value is -1.32. The molecule has 1 N–H and O–H groups in total. The van der Waals surface area contributed by atoms with Gasteiger partial charge in [0, 0.05) is 12.1 Å². The molecule has 118 valence electrons. The fourth-order valence-corrected chi connectivity index (χ4v) is 3.93. The van der Waals surface area contributed by atoms with E-state index in [2.05, 4.69) is 33.8 Å². The fraction of sp³-hybridized carbons (Fsp3) is 0.765. The summed E-state index contributed by atoms with van der Waals surface area (Å²) in [5.74, 6) is -1.54. The molecular weight excluding hydrogens is 266 g/mol. The Labute approximate surface area is 127 Å². The van der Waals surface area contributed by atoms with Gasteiger partial charge in [0.1, 0.15) is 0 Å². The molecule has 2 aliphatic rings. The van der Waals surface area contributed by atoms with Crippen LogP contribution in [0.1, 0.15) is 47.0 Å². The summed E-state index contributed by atoms with van der Waals surface area (Å²) in [6.07, 6.45) is 6.65. The van der Waals surface area contributed by atoms with Crippen LogP contribution >= 0.6 is 0 Å². The minimum Gasteiger partial charge on any atom is -0.481 e. The molecule has 0 aromatic heterocycles. The van der Waals surface area contributed by atoms with E-state index in [1.165, 1.54) is 0 Å². The summed E-state index contributed by atoms with van der Waals surface area (Å²) in [6, 6.07) is 0.315. The topological polar surface area (TPSA) is 57.6 Å². The second-order valence-electron chi connectivity index (χ2n) is 6.60. The number of amides is 1. The van der Waals surface area contributed by atoms with E-state index in [9.17, 15) is 14.7 Å². The smallest absolute Gasteiger partial charge is 0.307 e. The quantitative estimate of drug-likeness (QED) is 0.766. The van der Waals surface area contributed by atoms with Gasteiger partial charge in [0.25, 0.3) is 0 Å². The molecule has 2 aliphatic carbocycles. The van der Waals surface area contributed by atoms with Crippen molar-refractivity contribution in [2.45, 2.75) is 59.0 Å². The lowest BCUT2D eigenvalue weighted by molar-refractivity contribution is -0.153. The molecule has 0 aromatic rings. The molecule has 6 atom stereocenters. The van der Waals surface area contributed by atoms with Gasteiger partial charge in [0.05, 0.1) is 11.8 Å². The third-order valence-corrected chi connectivity index (χ3v) is 5.42. The van der Waals surface area contributed by atoms with Crippen molar-refractivity contribution in [3.8, 4) is 0 Å². The largest absolute Gasteiger partial charge is 0.481 e. The second-order valence-corrected chi connectivity index (χ2v) is 6.60. The van der Waals surface area contributed by atoms with Gasteiger partial charge in [0.2, 0.25) is 5.91 Å². The Morgan fingerprint density at radius 2 is 1.57 bits per heavy atom. The molecule has 0 spiro atoms. The molecule has 0 unspecified atom stereocenters. The van der Waals surface area contributed by atoms with Crippen LogP contribution in [0.15, 0.2) is 12.2 Å². The molecule has 1 saturated carbocycles. The third kappa shape index (κ3) is 2.72. The van der Waals surface area contributed by atoms with Gasteiger partial charge in [-0.25, -0.2) is 0 Å². The van der Waals surface area contributed by atoms with Crippen LogP contribution in [-0.4, -0.2) is 34.0 Å². The second kappa shape index (κ2) is 6.20. The van der Waals surface area contributed by atoms with Crippen molar-refractivity contribution in [3.05, 3.63) is 12.2 Å². The number of carboxylic acids is 1. The van der Waals surface area contributed by atoms with Crippen molar-refractivity contribution in [1.82, 2.24) is 4.90 Å². The van der Waals surface area contributed by atoms with Crippen LogP contribution in [-0.2, 0) is 9.59 Å². The number of hydrogen-bond donors (Lipinski definition) is 1. The molecule has 1 fully saturated rings. The molecule has 0 aliphatic heterocycles. The van der Waals surface area contributed by atoms with Crippen LogP contribution in [0.2, 0.25) is 0 Å². The number of nitrogens with zero attached hydrogens (tertiary/aromatic N) is 1. The summed E-state index contributed by atoms with van der Waals surface area (Å²) in [7, 11) is 0. The van der Waals surface area contributed by atoms with Gasteiger partial charge >= 0.3 is 5.97 Å². The number of carbonyl (C=O) groups excluding carboxylic acids is 1. The first kappa shape index (κ1) is 16.1. The van der Waals surface area contributed by atoms with Crippen molar-refractivity contribution in [2.24, 2.45) is 23.7 Å². The summed E-state index contributed by atoms with van der Waals surface area (Å²) in [6.45, 7) is 8.26.